The Labute approximate surface area is 193 Å². The summed E-state index contributed by atoms with van der Waals surface area (Å²) < 4.78 is 6.02. The highest BCUT2D eigenvalue weighted by atomic mass is 16.5. The predicted molar refractivity (Wildman–Crippen MR) is 125 cm³/mol. The van der Waals surface area contributed by atoms with Crippen molar-refractivity contribution >= 4 is 22.7 Å². The lowest BCUT2D eigenvalue weighted by Gasteiger charge is -2.48. The summed E-state index contributed by atoms with van der Waals surface area (Å²) in [7, 11) is 0. The van der Waals surface area contributed by atoms with E-state index in [4.69, 9.17) is 4.74 Å². The third kappa shape index (κ3) is 4.54. The van der Waals surface area contributed by atoms with Gasteiger partial charge >= 0.3 is 0 Å². The highest BCUT2D eigenvalue weighted by Crippen LogP contribution is 2.36. The monoisotopic (exact) mass is 447 g/mol. The maximum Gasteiger partial charge on any atom is 0.257 e. The number of aromatic nitrogens is 1. The highest BCUT2D eigenvalue weighted by Gasteiger charge is 2.52. The molecule has 2 heterocycles. The van der Waals surface area contributed by atoms with Crippen LogP contribution in [0, 0.1) is 12.8 Å². The number of para-hydroxylation sites is 1. The van der Waals surface area contributed by atoms with Crippen molar-refractivity contribution in [2.45, 2.75) is 39.2 Å². The third-order valence-corrected chi connectivity index (χ3v) is 6.12. The Balaban J connectivity index is 1.48. The molecule has 0 spiro atoms. The van der Waals surface area contributed by atoms with Gasteiger partial charge in [0.25, 0.3) is 5.91 Å². The quantitative estimate of drug-likeness (QED) is 0.425. The van der Waals surface area contributed by atoms with Crippen molar-refractivity contribution in [1.82, 2.24) is 15.4 Å². The maximum atomic E-state index is 12.5. The van der Waals surface area contributed by atoms with Gasteiger partial charge in [0.15, 0.2) is 0 Å². The molecule has 4 rings (SSSR count). The van der Waals surface area contributed by atoms with Gasteiger partial charge in [-0.25, -0.2) is 5.48 Å². The summed E-state index contributed by atoms with van der Waals surface area (Å²) in [5.74, 6) is 0.426. The Morgan fingerprint density at radius 3 is 2.52 bits per heavy atom. The molecule has 0 unspecified atom stereocenters. The molecule has 0 bridgehead atoms. The minimum Gasteiger partial charge on any atom is -0.489 e. The number of hydrogen-bond acceptors (Lipinski definition) is 5. The molecular weight excluding hydrogens is 418 g/mol. The van der Waals surface area contributed by atoms with Gasteiger partial charge in [-0.1, -0.05) is 44.2 Å². The topological polar surface area (TPSA) is 91.8 Å². The van der Waals surface area contributed by atoms with Crippen molar-refractivity contribution in [1.29, 1.82) is 0 Å². The van der Waals surface area contributed by atoms with E-state index in [9.17, 15) is 14.8 Å². The number of amides is 2. The average molecular weight is 448 g/mol. The molecule has 0 radical (unpaired) electrons. The van der Waals surface area contributed by atoms with E-state index in [0.29, 0.717) is 18.8 Å². The summed E-state index contributed by atoms with van der Waals surface area (Å²) in [4.78, 5) is 31.1. The van der Waals surface area contributed by atoms with Gasteiger partial charge in [0.05, 0.1) is 5.52 Å². The molecular formula is C26H29N3O4. The Morgan fingerprint density at radius 2 is 1.85 bits per heavy atom. The standard InChI is InChI=1S/C26H29N3O4/c1-17(2)12-24(30)29-15-26(16-29,25(31)28-32)20-8-10-21(11-9-20)33-14-19-13-18(3)27-23-7-5-4-6-22(19)23/h4-11,13,17,32H,12,14-16H2,1-3H3,(H,28,31). The van der Waals surface area contributed by atoms with Gasteiger partial charge in [-0.15, -0.1) is 0 Å². The molecule has 1 saturated heterocycles. The molecule has 0 saturated carbocycles. The molecule has 0 aliphatic carbocycles. The summed E-state index contributed by atoms with van der Waals surface area (Å²) >= 11 is 0. The second-order valence-corrected chi connectivity index (χ2v) is 9.12. The fourth-order valence-corrected chi connectivity index (χ4v) is 4.37. The number of nitrogens with zero attached hydrogens (tertiary/aromatic N) is 2. The van der Waals surface area contributed by atoms with Gasteiger partial charge in [0.1, 0.15) is 17.8 Å². The van der Waals surface area contributed by atoms with Gasteiger partial charge in [-0.3, -0.25) is 19.8 Å². The lowest BCUT2D eigenvalue weighted by Crippen LogP contribution is -2.67. The molecule has 2 N–H and O–H groups in total. The minimum absolute atomic E-state index is 0.0196. The average Bonchev–Trinajstić information content (AvgIpc) is 2.76. The zero-order valence-electron chi connectivity index (χ0n) is 19.2. The van der Waals surface area contributed by atoms with E-state index in [1.807, 2.05) is 75.4 Å². The van der Waals surface area contributed by atoms with E-state index in [2.05, 4.69) is 4.98 Å². The van der Waals surface area contributed by atoms with Crippen molar-refractivity contribution in [3.8, 4) is 5.75 Å². The molecule has 172 valence electrons. The molecule has 1 aliphatic heterocycles. The molecule has 1 fully saturated rings. The van der Waals surface area contributed by atoms with Crippen LogP contribution in [0.15, 0.2) is 54.6 Å². The number of benzene rings is 2. The van der Waals surface area contributed by atoms with E-state index < -0.39 is 11.3 Å². The van der Waals surface area contributed by atoms with E-state index in [1.165, 1.54) is 0 Å². The van der Waals surface area contributed by atoms with Gasteiger partial charge < -0.3 is 9.64 Å². The van der Waals surface area contributed by atoms with Gasteiger partial charge in [-0.2, -0.15) is 0 Å². The van der Waals surface area contributed by atoms with E-state index >= 15 is 0 Å². The number of hydrogen-bond donors (Lipinski definition) is 2. The zero-order chi connectivity index (χ0) is 23.6. The molecule has 1 aromatic heterocycles. The number of pyridine rings is 1. The fraction of sp³-hybridized carbons (Fsp3) is 0.346. The number of carbonyl (C=O) groups excluding carboxylic acids is 2. The number of fused-ring (bicyclic) bond motifs is 1. The normalized spacial score (nSPS) is 14.8. The Kier molecular flexibility index (Phi) is 6.33. The number of nitrogens with one attached hydrogen (secondary N) is 1. The molecule has 7 heteroatoms. The van der Waals surface area contributed by atoms with E-state index in [1.54, 1.807) is 10.4 Å². The van der Waals surface area contributed by atoms with Crippen LogP contribution < -0.4 is 10.2 Å². The lowest BCUT2D eigenvalue weighted by atomic mass is 9.72. The third-order valence-electron chi connectivity index (χ3n) is 6.12. The fourth-order valence-electron chi connectivity index (χ4n) is 4.37. The summed E-state index contributed by atoms with van der Waals surface area (Å²) in [6.07, 6.45) is 0.437. The van der Waals surface area contributed by atoms with Crippen LogP contribution in [-0.4, -0.2) is 40.0 Å². The SMILES string of the molecule is Cc1cc(COc2ccc(C3(C(=O)NO)CN(C(=O)CC(C)C)C3)cc2)c2ccccc2n1. The van der Waals surface area contributed by atoms with Crippen molar-refractivity contribution in [2.24, 2.45) is 5.92 Å². The summed E-state index contributed by atoms with van der Waals surface area (Å²) in [5, 5.41) is 10.4. The molecule has 2 aromatic carbocycles. The number of rotatable bonds is 7. The maximum absolute atomic E-state index is 12.5. The second kappa shape index (κ2) is 9.19. The number of ether oxygens (including phenoxy) is 1. The summed E-state index contributed by atoms with van der Waals surface area (Å²) in [6, 6.07) is 17.3. The molecule has 1 aliphatic rings. The molecule has 3 aromatic rings. The number of likely N-dealkylation sites (tertiary alicyclic amines) is 1. The number of hydroxylamine groups is 1. The minimum atomic E-state index is -0.960. The Hall–Kier alpha value is -3.45. The Bertz CT molecular complexity index is 1170. The van der Waals surface area contributed by atoms with Gasteiger partial charge in [0, 0.05) is 36.2 Å². The van der Waals surface area contributed by atoms with Crippen LogP contribution in [0.1, 0.15) is 37.1 Å². The van der Waals surface area contributed by atoms with Crippen LogP contribution in [0.3, 0.4) is 0 Å². The summed E-state index contributed by atoms with van der Waals surface area (Å²) in [5.41, 5.74) is 4.47. The molecule has 2 amide bonds. The van der Waals surface area contributed by atoms with Crippen LogP contribution in [0.2, 0.25) is 0 Å². The van der Waals surface area contributed by atoms with Crippen LogP contribution in [0.25, 0.3) is 10.9 Å². The largest absolute Gasteiger partial charge is 0.489 e. The first-order valence-corrected chi connectivity index (χ1v) is 11.1. The van der Waals surface area contributed by atoms with Crippen LogP contribution in [0.4, 0.5) is 0 Å². The van der Waals surface area contributed by atoms with Crippen LogP contribution in [0.5, 0.6) is 5.75 Å². The van der Waals surface area contributed by atoms with Crippen LogP contribution >= 0.6 is 0 Å². The van der Waals surface area contributed by atoms with E-state index in [0.717, 1.165) is 27.7 Å². The van der Waals surface area contributed by atoms with Crippen molar-refractivity contribution < 1.29 is 19.5 Å². The van der Waals surface area contributed by atoms with Crippen molar-refractivity contribution in [2.75, 3.05) is 13.1 Å². The first-order chi connectivity index (χ1) is 15.8. The lowest BCUT2D eigenvalue weighted by molar-refractivity contribution is -0.151. The first-order valence-electron chi connectivity index (χ1n) is 11.1. The van der Waals surface area contributed by atoms with Crippen molar-refractivity contribution in [3.63, 3.8) is 0 Å². The van der Waals surface area contributed by atoms with Gasteiger partial charge in [0.2, 0.25) is 5.91 Å². The number of carbonyl (C=O) groups is 2. The first kappa shape index (κ1) is 22.7. The van der Waals surface area contributed by atoms with E-state index in [-0.39, 0.29) is 24.9 Å². The summed E-state index contributed by atoms with van der Waals surface area (Å²) in [6.45, 7) is 6.81. The van der Waals surface area contributed by atoms with Crippen molar-refractivity contribution in [3.05, 3.63) is 71.4 Å². The molecule has 7 nitrogen and oxygen atoms in total. The second-order valence-electron chi connectivity index (χ2n) is 9.12. The zero-order valence-corrected chi connectivity index (χ0v) is 19.2. The highest BCUT2D eigenvalue weighted by molar-refractivity contribution is 5.92. The number of aryl methyl sites for hydroxylation is 1. The molecule has 33 heavy (non-hydrogen) atoms. The van der Waals surface area contributed by atoms with Gasteiger partial charge in [-0.05, 0) is 42.7 Å². The van der Waals surface area contributed by atoms with Crippen LogP contribution in [-0.2, 0) is 21.6 Å². The predicted octanol–water partition coefficient (Wildman–Crippen LogP) is 3.75. The Morgan fingerprint density at radius 1 is 1.15 bits per heavy atom. The smallest absolute Gasteiger partial charge is 0.257 e. The molecule has 0 atom stereocenters.